The van der Waals surface area contributed by atoms with Gasteiger partial charge in [-0.25, -0.2) is 17.2 Å². The highest BCUT2D eigenvalue weighted by atomic mass is 79.9. The van der Waals surface area contributed by atoms with Gasteiger partial charge in [0.25, 0.3) is 0 Å². The van der Waals surface area contributed by atoms with Gasteiger partial charge in [0.15, 0.2) is 0 Å². The van der Waals surface area contributed by atoms with Gasteiger partial charge in [-0.05, 0) is 41.4 Å². The third kappa shape index (κ3) is 3.19. The Morgan fingerprint density at radius 3 is 2.70 bits per heavy atom. The first-order valence-corrected chi connectivity index (χ1v) is 8.40. The van der Waals surface area contributed by atoms with Crippen molar-refractivity contribution < 1.29 is 17.2 Å². The Morgan fingerprint density at radius 1 is 1.45 bits per heavy atom. The zero-order valence-corrected chi connectivity index (χ0v) is 13.3. The van der Waals surface area contributed by atoms with Crippen molar-refractivity contribution in [1.82, 2.24) is 9.62 Å². The molecule has 1 aromatic carbocycles. The number of sulfonamides is 1. The molecule has 0 saturated carbocycles. The Balaban J connectivity index is 2.29. The average Bonchev–Trinajstić information content (AvgIpc) is 2.79. The smallest absolute Gasteiger partial charge is 0.246 e. The molecule has 1 N–H and O–H groups in total. The summed E-state index contributed by atoms with van der Waals surface area (Å²) in [6.07, 6.45) is 1.88. The molecule has 1 fully saturated rings. The third-order valence-corrected chi connectivity index (χ3v) is 6.06. The number of rotatable bonds is 4. The molecule has 1 heterocycles. The zero-order chi connectivity index (χ0) is 14.9. The molecule has 0 spiro atoms. The fourth-order valence-corrected chi connectivity index (χ4v) is 4.57. The number of benzene rings is 1. The van der Waals surface area contributed by atoms with E-state index in [0.717, 1.165) is 29.8 Å². The van der Waals surface area contributed by atoms with E-state index < -0.39 is 26.6 Å². The van der Waals surface area contributed by atoms with Crippen molar-refractivity contribution in [1.29, 1.82) is 0 Å². The van der Waals surface area contributed by atoms with E-state index in [-0.39, 0.29) is 17.1 Å². The van der Waals surface area contributed by atoms with Gasteiger partial charge in [-0.1, -0.05) is 0 Å². The second-order valence-electron chi connectivity index (χ2n) is 4.78. The van der Waals surface area contributed by atoms with E-state index in [4.69, 9.17) is 0 Å². The maximum atomic E-state index is 13.8. The van der Waals surface area contributed by atoms with Crippen molar-refractivity contribution in [2.75, 3.05) is 20.1 Å². The van der Waals surface area contributed by atoms with E-state index in [1.54, 1.807) is 0 Å². The lowest BCUT2D eigenvalue weighted by molar-refractivity contribution is 0.413. The van der Waals surface area contributed by atoms with Gasteiger partial charge >= 0.3 is 0 Å². The van der Waals surface area contributed by atoms with Crippen LogP contribution in [-0.4, -0.2) is 38.9 Å². The van der Waals surface area contributed by atoms with Crippen molar-refractivity contribution in [3.8, 4) is 0 Å². The highest BCUT2D eigenvalue weighted by Gasteiger charge is 2.30. The molecule has 0 amide bonds. The van der Waals surface area contributed by atoms with Crippen LogP contribution < -0.4 is 5.32 Å². The number of likely N-dealkylation sites (N-methyl/N-ethyl adjacent to an activating group) is 1. The molecule has 20 heavy (non-hydrogen) atoms. The average molecular weight is 369 g/mol. The molecule has 112 valence electrons. The van der Waals surface area contributed by atoms with Crippen LogP contribution in [0.3, 0.4) is 0 Å². The van der Waals surface area contributed by atoms with E-state index >= 15 is 0 Å². The fraction of sp³-hybridized carbons (Fsp3) is 0.500. The molecule has 0 aromatic heterocycles. The Kier molecular flexibility index (Phi) is 4.78. The number of hydrogen-bond acceptors (Lipinski definition) is 3. The minimum absolute atomic E-state index is 0.0667. The lowest BCUT2D eigenvalue weighted by atomic mass is 10.2. The summed E-state index contributed by atoms with van der Waals surface area (Å²) in [5.74, 6) is -1.92. The van der Waals surface area contributed by atoms with Crippen molar-refractivity contribution >= 4 is 26.0 Å². The molecule has 1 atom stereocenters. The van der Waals surface area contributed by atoms with Gasteiger partial charge in [-0.3, -0.25) is 0 Å². The minimum Gasteiger partial charge on any atom is -0.313 e. The van der Waals surface area contributed by atoms with Gasteiger partial charge in [0.1, 0.15) is 16.5 Å². The molecule has 1 aliphatic rings. The largest absolute Gasteiger partial charge is 0.313 e. The summed E-state index contributed by atoms with van der Waals surface area (Å²) >= 11 is 2.91. The predicted molar refractivity (Wildman–Crippen MR) is 74.9 cm³/mol. The quantitative estimate of drug-likeness (QED) is 0.885. The molecular weight excluding hydrogens is 354 g/mol. The van der Waals surface area contributed by atoms with Crippen LogP contribution in [0.5, 0.6) is 0 Å². The maximum absolute atomic E-state index is 13.8. The topological polar surface area (TPSA) is 49.4 Å². The van der Waals surface area contributed by atoms with E-state index in [1.807, 2.05) is 0 Å². The van der Waals surface area contributed by atoms with Crippen LogP contribution in [0.1, 0.15) is 12.8 Å². The summed E-state index contributed by atoms with van der Waals surface area (Å²) < 4.78 is 52.6. The van der Waals surface area contributed by atoms with Crippen LogP contribution in [0.4, 0.5) is 8.78 Å². The highest BCUT2D eigenvalue weighted by molar-refractivity contribution is 9.10. The second-order valence-corrected chi connectivity index (χ2v) is 7.61. The molecule has 1 unspecified atom stereocenters. The zero-order valence-electron chi connectivity index (χ0n) is 10.9. The Morgan fingerprint density at radius 2 is 2.15 bits per heavy atom. The molecule has 2 rings (SSSR count). The molecule has 0 aliphatic carbocycles. The number of nitrogens with zero attached hydrogens (tertiary/aromatic N) is 1. The van der Waals surface area contributed by atoms with Crippen LogP contribution in [0, 0.1) is 11.6 Å². The first-order valence-electron chi connectivity index (χ1n) is 6.16. The number of hydrogen-bond donors (Lipinski definition) is 1. The predicted octanol–water partition coefficient (Wildman–Crippen LogP) is 2.10. The Hall–Kier alpha value is -0.570. The SMILES string of the molecule is CN(CC1CCCN1)S(=O)(=O)c1c(F)cc(F)cc1Br. The van der Waals surface area contributed by atoms with Crippen LogP contribution in [0.25, 0.3) is 0 Å². The van der Waals surface area contributed by atoms with E-state index in [9.17, 15) is 17.2 Å². The first kappa shape index (κ1) is 15.8. The summed E-state index contributed by atoms with van der Waals surface area (Å²) in [6.45, 7) is 1.11. The summed E-state index contributed by atoms with van der Waals surface area (Å²) in [5.41, 5.74) is 0. The van der Waals surface area contributed by atoms with Crippen molar-refractivity contribution in [3.05, 3.63) is 28.2 Å². The number of nitrogens with one attached hydrogen (secondary N) is 1. The second kappa shape index (κ2) is 6.05. The van der Waals surface area contributed by atoms with Crippen molar-refractivity contribution in [2.24, 2.45) is 0 Å². The molecule has 0 bridgehead atoms. The highest BCUT2D eigenvalue weighted by Crippen LogP contribution is 2.28. The molecule has 1 aliphatic heterocycles. The van der Waals surface area contributed by atoms with Gasteiger partial charge in [0, 0.05) is 30.2 Å². The van der Waals surface area contributed by atoms with E-state index in [2.05, 4.69) is 21.2 Å². The lowest BCUT2D eigenvalue weighted by Crippen LogP contribution is -2.39. The lowest BCUT2D eigenvalue weighted by Gasteiger charge is -2.22. The van der Waals surface area contributed by atoms with Gasteiger partial charge in [0.05, 0.1) is 0 Å². The standard InChI is InChI=1S/C12H15BrF2N2O2S/c1-17(7-9-3-2-4-16-9)20(18,19)12-10(13)5-8(14)6-11(12)15/h5-6,9,16H,2-4,7H2,1H3. The van der Waals surface area contributed by atoms with E-state index in [1.165, 1.54) is 7.05 Å². The van der Waals surface area contributed by atoms with Crippen LogP contribution in [0.2, 0.25) is 0 Å². The van der Waals surface area contributed by atoms with Gasteiger partial charge < -0.3 is 5.32 Å². The van der Waals surface area contributed by atoms with Crippen molar-refractivity contribution in [2.45, 2.75) is 23.8 Å². The minimum atomic E-state index is -4.00. The monoisotopic (exact) mass is 368 g/mol. The summed E-state index contributed by atoms with van der Waals surface area (Å²) in [5, 5.41) is 3.18. The van der Waals surface area contributed by atoms with E-state index in [0.29, 0.717) is 6.07 Å². The first-order chi connectivity index (χ1) is 9.32. The van der Waals surface area contributed by atoms with Crippen molar-refractivity contribution in [3.63, 3.8) is 0 Å². The third-order valence-electron chi connectivity index (χ3n) is 3.27. The summed E-state index contributed by atoms with van der Waals surface area (Å²) in [7, 11) is -2.61. The molecule has 8 heteroatoms. The summed E-state index contributed by atoms with van der Waals surface area (Å²) in [6, 6.07) is 1.58. The van der Waals surface area contributed by atoms with Gasteiger partial charge in [-0.2, -0.15) is 4.31 Å². The maximum Gasteiger partial charge on any atom is 0.246 e. The normalized spacial score (nSPS) is 19.8. The van der Waals surface area contributed by atoms with Gasteiger partial charge in [0.2, 0.25) is 10.0 Å². The Labute approximate surface area is 125 Å². The Bertz CT molecular complexity index is 580. The van der Waals surface area contributed by atoms with Crippen LogP contribution in [-0.2, 0) is 10.0 Å². The molecule has 1 saturated heterocycles. The van der Waals surface area contributed by atoms with Crippen LogP contribution >= 0.6 is 15.9 Å². The number of halogens is 3. The fourth-order valence-electron chi connectivity index (χ4n) is 2.25. The molecule has 1 aromatic rings. The van der Waals surface area contributed by atoms with Crippen LogP contribution in [0.15, 0.2) is 21.5 Å². The van der Waals surface area contributed by atoms with Gasteiger partial charge in [-0.15, -0.1) is 0 Å². The molecule has 0 radical (unpaired) electrons. The summed E-state index contributed by atoms with van der Waals surface area (Å²) in [4.78, 5) is -0.528. The molecular formula is C12H15BrF2N2O2S. The molecule has 4 nitrogen and oxygen atoms in total.